The van der Waals surface area contributed by atoms with E-state index in [2.05, 4.69) is 23.5 Å². The number of carbonyl (C=O) groups is 1. The van der Waals surface area contributed by atoms with Gasteiger partial charge in [-0.1, -0.05) is 78.9 Å². The maximum Gasteiger partial charge on any atom is 0.267 e. The third-order valence-corrected chi connectivity index (χ3v) is 6.88. The highest BCUT2D eigenvalue weighted by Crippen LogP contribution is 2.41. The van der Waals surface area contributed by atoms with Gasteiger partial charge in [-0.3, -0.25) is 4.79 Å². The van der Waals surface area contributed by atoms with Crippen LogP contribution in [-0.4, -0.2) is 10.9 Å². The zero-order valence-electron chi connectivity index (χ0n) is 18.4. The number of nitrogens with two attached hydrogens (primary N) is 1. The highest BCUT2D eigenvalue weighted by atomic mass is 32.1. The number of aryl methyl sites for hydroxylation is 2. The normalized spacial score (nSPS) is 11.0. The quantitative estimate of drug-likeness (QED) is 0.308. The SMILES string of the molecule is Cc1cccc(C)c1NC(=O)c1sc2nc(-c3ccccc3)cc(-c3ccccc3)c2c1N. The van der Waals surface area contributed by atoms with E-state index in [4.69, 9.17) is 10.7 Å². The Kier molecular flexibility index (Phi) is 5.40. The summed E-state index contributed by atoms with van der Waals surface area (Å²) in [5.74, 6) is -0.215. The molecule has 5 heteroatoms. The second-order valence-corrected chi connectivity index (χ2v) is 9.03. The van der Waals surface area contributed by atoms with E-state index in [1.165, 1.54) is 11.3 Å². The molecule has 0 aliphatic heterocycles. The average Bonchev–Trinajstić information content (AvgIpc) is 3.18. The van der Waals surface area contributed by atoms with Crippen LogP contribution in [0.1, 0.15) is 20.8 Å². The molecular formula is C28H23N3OS. The van der Waals surface area contributed by atoms with Crippen molar-refractivity contribution in [3.05, 3.63) is 101 Å². The standard InChI is InChI=1S/C28H23N3OS/c1-17-10-9-11-18(2)25(17)31-27(32)26-24(29)23-21(19-12-5-3-6-13-19)16-22(30-28(23)33-26)20-14-7-4-8-15-20/h3-16H,29H2,1-2H3,(H,31,32). The van der Waals surface area contributed by atoms with Crippen LogP contribution in [0.2, 0.25) is 0 Å². The number of hydrogen-bond donors (Lipinski definition) is 2. The number of fused-ring (bicyclic) bond motifs is 1. The summed E-state index contributed by atoms with van der Waals surface area (Å²) in [6, 6.07) is 28.2. The van der Waals surface area contributed by atoms with E-state index >= 15 is 0 Å². The molecule has 0 unspecified atom stereocenters. The number of amides is 1. The summed E-state index contributed by atoms with van der Waals surface area (Å²) < 4.78 is 0. The molecule has 0 bridgehead atoms. The largest absolute Gasteiger partial charge is 0.397 e. The van der Waals surface area contributed by atoms with E-state index < -0.39 is 0 Å². The first-order valence-electron chi connectivity index (χ1n) is 10.7. The van der Waals surface area contributed by atoms with Crippen molar-refractivity contribution in [1.29, 1.82) is 0 Å². The monoisotopic (exact) mass is 449 g/mol. The van der Waals surface area contributed by atoms with E-state index in [9.17, 15) is 4.79 Å². The lowest BCUT2D eigenvalue weighted by Gasteiger charge is -2.11. The molecule has 2 heterocycles. The van der Waals surface area contributed by atoms with Crippen LogP contribution < -0.4 is 11.1 Å². The molecule has 162 valence electrons. The van der Waals surface area contributed by atoms with Crippen LogP contribution in [0.25, 0.3) is 32.6 Å². The maximum atomic E-state index is 13.3. The number of thiophene rings is 1. The molecule has 0 saturated carbocycles. The van der Waals surface area contributed by atoms with Crippen molar-refractivity contribution in [2.45, 2.75) is 13.8 Å². The number of aromatic nitrogens is 1. The molecular weight excluding hydrogens is 426 g/mol. The molecule has 3 N–H and O–H groups in total. The minimum absolute atomic E-state index is 0.215. The summed E-state index contributed by atoms with van der Waals surface area (Å²) in [6.07, 6.45) is 0. The first-order valence-corrected chi connectivity index (χ1v) is 11.6. The zero-order chi connectivity index (χ0) is 22.9. The predicted octanol–water partition coefficient (Wildman–Crippen LogP) is 7.08. The van der Waals surface area contributed by atoms with Crippen LogP contribution in [0.4, 0.5) is 11.4 Å². The van der Waals surface area contributed by atoms with Crippen molar-refractivity contribution in [2.75, 3.05) is 11.1 Å². The Hall–Kier alpha value is -3.96. The van der Waals surface area contributed by atoms with Gasteiger partial charge in [-0.25, -0.2) is 4.98 Å². The Balaban J connectivity index is 1.68. The number of hydrogen-bond acceptors (Lipinski definition) is 4. The van der Waals surface area contributed by atoms with E-state index in [1.54, 1.807) is 0 Å². The van der Waals surface area contributed by atoms with Crippen LogP contribution in [0.3, 0.4) is 0 Å². The average molecular weight is 450 g/mol. The van der Waals surface area contributed by atoms with Gasteiger partial charge >= 0.3 is 0 Å². The fourth-order valence-electron chi connectivity index (χ4n) is 4.07. The summed E-state index contributed by atoms with van der Waals surface area (Å²) in [5.41, 5.74) is 13.8. The van der Waals surface area contributed by atoms with Gasteiger partial charge in [0.1, 0.15) is 9.71 Å². The zero-order valence-corrected chi connectivity index (χ0v) is 19.2. The molecule has 0 spiro atoms. The summed E-state index contributed by atoms with van der Waals surface area (Å²) in [6.45, 7) is 3.97. The van der Waals surface area contributed by atoms with E-state index in [0.29, 0.717) is 10.6 Å². The van der Waals surface area contributed by atoms with Gasteiger partial charge in [0.05, 0.1) is 11.4 Å². The fraction of sp³-hybridized carbons (Fsp3) is 0.0714. The first kappa shape index (κ1) is 20.9. The summed E-state index contributed by atoms with van der Waals surface area (Å²) in [7, 11) is 0. The Morgan fingerprint density at radius 2 is 1.45 bits per heavy atom. The molecule has 1 amide bonds. The predicted molar refractivity (Wildman–Crippen MR) is 139 cm³/mol. The van der Waals surface area contributed by atoms with Gasteiger partial charge < -0.3 is 11.1 Å². The number of rotatable bonds is 4. The molecule has 0 aliphatic carbocycles. The summed E-state index contributed by atoms with van der Waals surface area (Å²) in [4.78, 5) is 19.4. The molecule has 5 aromatic rings. The van der Waals surface area contributed by atoms with Gasteiger partial charge in [0.25, 0.3) is 5.91 Å². The Labute approximate surface area is 196 Å². The fourth-order valence-corrected chi connectivity index (χ4v) is 5.09. The number of carbonyl (C=O) groups excluding carboxylic acids is 1. The van der Waals surface area contributed by atoms with Crippen molar-refractivity contribution >= 4 is 38.8 Å². The highest BCUT2D eigenvalue weighted by Gasteiger charge is 2.22. The van der Waals surface area contributed by atoms with Gasteiger partial charge in [0, 0.05) is 16.6 Å². The van der Waals surface area contributed by atoms with Crippen LogP contribution in [0.5, 0.6) is 0 Å². The Morgan fingerprint density at radius 3 is 2.09 bits per heavy atom. The summed E-state index contributed by atoms with van der Waals surface area (Å²) >= 11 is 1.33. The van der Waals surface area contributed by atoms with Gasteiger partial charge in [-0.15, -0.1) is 11.3 Å². The van der Waals surface area contributed by atoms with Crippen LogP contribution >= 0.6 is 11.3 Å². The minimum atomic E-state index is -0.215. The number of anilines is 2. The van der Waals surface area contributed by atoms with Crippen molar-refractivity contribution in [3.8, 4) is 22.4 Å². The van der Waals surface area contributed by atoms with Crippen molar-refractivity contribution in [1.82, 2.24) is 4.98 Å². The molecule has 0 radical (unpaired) electrons. The smallest absolute Gasteiger partial charge is 0.267 e. The van der Waals surface area contributed by atoms with Gasteiger partial charge in [0.2, 0.25) is 0 Å². The lowest BCUT2D eigenvalue weighted by Crippen LogP contribution is -2.13. The number of para-hydroxylation sites is 1. The van der Waals surface area contributed by atoms with Crippen LogP contribution in [0.15, 0.2) is 84.9 Å². The van der Waals surface area contributed by atoms with Crippen LogP contribution in [0, 0.1) is 13.8 Å². The maximum absolute atomic E-state index is 13.3. The lowest BCUT2D eigenvalue weighted by atomic mass is 9.99. The molecule has 0 aliphatic rings. The topological polar surface area (TPSA) is 68.0 Å². The number of nitrogens with zero attached hydrogens (tertiary/aromatic N) is 1. The minimum Gasteiger partial charge on any atom is -0.397 e. The number of nitrogen functional groups attached to an aromatic ring is 1. The Morgan fingerprint density at radius 1 is 0.848 bits per heavy atom. The van der Waals surface area contributed by atoms with Crippen molar-refractivity contribution in [3.63, 3.8) is 0 Å². The molecule has 3 aromatic carbocycles. The van der Waals surface area contributed by atoms with Crippen molar-refractivity contribution in [2.24, 2.45) is 0 Å². The molecule has 5 rings (SSSR count). The molecule has 0 atom stereocenters. The third-order valence-electron chi connectivity index (χ3n) is 5.78. The van der Waals surface area contributed by atoms with Gasteiger partial charge in [-0.2, -0.15) is 0 Å². The second-order valence-electron chi connectivity index (χ2n) is 8.03. The van der Waals surface area contributed by atoms with E-state index in [-0.39, 0.29) is 5.91 Å². The highest BCUT2D eigenvalue weighted by molar-refractivity contribution is 7.21. The van der Waals surface area contributed by atoms with Gasteiger partial charge in [0.15, 0.2) is 0 Å². The lowest BCUT2D eigenvalue weighted by molar-refractivity contribution is 0.103. The number of benzene rings is 3. The molecule has 33 heavy (non-hydrogen) atoms. The first-order chi connectivity index (χ1) is 16.0. The van der Waals surface area contributed by atoms with E-state index in [0.717, 1.165) is 49.4 Å². The van der Waals surface area contributed by atoms with Gasteiger partial charge in [-0.05, 0) is 42.2 Å². The molecule has 0 fully saturated rings. The van der Waals surface area contributed by atoms with Crippen LogP contribution in [-0.2, 0) is 0 Å². The van der Waals surface area contributed by atoms with Crippen molar-refractivity contribution < 1.29 is 4.79 Å². The molecule has 4 nitrogen and oxygen atoms in total. The molecule has 2 aromatic heterocycles. The summed E-state index contributed by atoms with van der Waals surface area (Å²) in [5, 5.41) is 3.88. The van der Waals surface area contributed by atoms with E-state index in [1.807, 2.05) is 80.6 Å². The Bertz CT molecular complexity index is 1450. The second kappa shape index (κ2) is 8.52. The third kappa shape index (κ3) is 3.88. The number of pyridine rings is 1. The molecule has 0 saturated heterocycles. The number of nitrogens with one attached hydrogen (secondary N) is 1.